The van der Waals surface area contributed by atoms with Crippen molar-refractivity contribution < 1.29 is 9.47 Å². The van der Waals surface area contributed by atoms with E-state index in [-0.39, 0.29) is 12.5 Å². The zero-order valence-corrected chi connectivity index (χ0v) is 10.0. The van der Waals surface area contributed by atoms with Gasteiger partial charge in [0.2, 0.25) is 6.79 Å². The van der Waals surface area contributed by atoms with Crippen molar-refractivity contribution in [3.8, 4) is 28.8 Å². The molecular formula is C13H10N4O2. The van der Waals surface area contributed by atoms with E-state index in [0.29, 0.717) is 23.7 Å². The maximum absolute atomic E-state index is 9.11. The molecule has 0 aliphatic carbocycles. The van der Waals surface area contributed by atoms with Crippen LogP contribution in [0, 0.1) is 11.3 Å². The van der Waals surface area contributed by atoms with Gasteiger partial charge >= 0.3 is 0 Å². The minimum absolute atomic E-state index is 0.216. The van der Waals surface area contributed by atoms with Crippen LogP contribution in [0.4, 0.5) is 0 Å². The van der Waals surface area contributed by atoms with Crippen LogP contribution in [0.5, 0.6) is 11.5 Å². The Labute approximate surface area is 109 Å². The van der Waals surface area contributed by atoms with Gasteiger partial charge in [0.1, 0.15) is 11.8 Å². The van der Waals surface area contributed by atoms with Crippen molar-refractivity contribution in [2.45, 2.75) is 6.54 Å². The smallest absolute Gasteiger partial charge is 0.231 e. The van der Waals surface area contributed by atoms with E-state index in [1.807, 2.05) is 24.3 Å². The molecule has 2 heterocycles. The fourth-order valence-electron chi connectivity index (χ4n) is 1.97. The Morgan fingerprint density at radius 2 is 2.26 bits per heavy atom. The monoisotopic (exact) mass is 254 g/mol. The average Bonchev–Trinajstić information content (AvgIpc) is 3.04. The molecule has 1 aliphatic rings. The van der Waals surface area contributed by atoms with Crippen LogP contribution in [0.2, 0.25) is 0 Å². The van der Waals surface area contributed by atoms with Gasteiger partial charge in [-0.1, -0.05) is 11.3 Å². The summed E-state index contributed by atoms with van der Waals surface area (Å²) in [6, 6.07) is 7.52. The molecule has 6 heteroatoms. The second-order valence-electron chi connectivity index (χ2n) is 3.94. The highest BCUT2D eigenvalue weighted by Crippen LogP contribution is 2.36. The number of rotatable bonds is 3. The van der Waals surface area contributed by atoms with Crippen molar-refractivity contribution >= 4 is 0 Å². The van der Waals surface area contributed by atoms with Crippen molar-refractivity contribution in [3.05, 3.63) is 36.5 Å². The number of hydrogen-bond donors (Lipinski definition) is 0. The Kier molecular flexibility index (Phi) is 2.65. The van der Waals surface area contributed by atoms with Crippen LogP contribution in [0.3, 0.4) is 0 Å². The number of benzene rings is 1. The van der Waals surface area contributed by atoms with E-state index >= 15 is 0 Å². The molecule has 19 heavy (non-hydrogen) atoms. The maximum Gasteiger partial charge on any atom is 0.231 e. The Hall–Kier alpha value is -2.81. The van der Waals surface area contributed by atoms with Crippen molar-refractivity contribution in [2.24, 2.45) is 0 Å². The lowest BCUT2D eigenvalue weighted by Crippen LogP contribution is -2.00. The van der Waals surface area contributed by atoms with Gasteiger partial charge in [-0.15, -0.1) is 11.7 Å². The van der Waals surface area contributed by atoms with Crippen molar-refractivity contribution in [1.29, 1.82) is 5.26 Å². The summed E-state index contributed by atoms with van der Waals surface area (Å²) < 4.78 is 12.2. The molecule has 0 radical (unpaired) electrons. The molecule has 1 aromatic carbocycles. The summed E-state index contributed by atoms with van der Waals surface area (Å²) in [5.74, 6) is 1.36. The van der Waals surface area contributed by atoms with Crippen LogP contribution >= 0.6 is 0 Å². The Bertz CT molecular complexity index is 684. The largest absolute Gasteiger partial charge is 0.454 e. The quantitative estimate of drug-likeness (QED) is 0.780. The molecule has 3 rings (SSSR count). The van der Waals surface area contributed by atoms with Crippen LogP contribution in [0.1, 0.15) is 5.69 Å². The predicted octanol–water partition coefficient (Wildman–Crippen LogP) is 1.73. The Morgan fingerprint density at radius 3 is 3.05 bits per heavy atom. The number of allylic oxidation sites excluding steroid dienone is 1. The van der Waals surface area contributed by atoms with E-state index in [1.165, 1.54) is 0 Å². The van der Waals surface area contributed by atoms with Crippen LogP contribution < -0.4 is 9.47 Å². The van der Waals surface area contributed by atoms with Crippen LogP contribution in [-0.2, 0) is 6.54 Å². The van der Waals surface area contributed by atoms with Gasteiger partial charge < -0.3 is 9.47 Å². The van der Waals surface area contributed by atoms with E-state index < -0.39 is 0 Å². The fourth-order valence-corrected chi connectivity index (χ4v) is 1.97. The van der Waals surface area contributed by atoms with Gasteiger partial charge in [-0.3, -0.25) is 0 Å². The maximum atomic E-state index is 9.11. The second kappa shape index (κ2) is 4.46. The lowest BCUT2D eigenvalue weighted by atomic mass is 10.1. The molecule has 0 saturated carbocycles. The molecule has 0 unspecified atom stereocenters. The third-order valence-electron chi connectivity index (χ3n) is 2.79. The number of hydrogen-bond acceptors (Lipinski definition) is 5. The fraction of sp³-hybridized carbons (Fsp3) is 0.154. The number of aromatic nitrogens is 3. The summed E-state index contributed by atoms with van der Waals surface area (Å²) in [7, 11) is 0. The zero-order chi connectivity index (χ0) is 13.2. The van der Waals surface area contributed by atoms with Crippen LogP contribution in [0.25, 0.3) is 11.3 Å². The van der Waals surface area contributed by atoms with Crippen molar-refractivity contribution in [2.75, 3.05) is 6.79 Å². The summed E-state index contributed by atoms with van der Waals surface area (Å²) in [5.41, 5.74) is 1.74. The van der Waals surface area contributed by atoms with E-state index in [2.05, 4.69) is 16.9 Å². The summed E-state index contributed by atoms with van der Waals surface area (Å²) in [6.45, 7) is 4.37. The van der Waals surface area contributed by atoms with Gasteiger partial charge in [0.25, 0.3) is 0 Å². The summed E-state index contributed by atoms with van der Waals surface area (Å²) in [6.07, 6.45) is 1.70. The molecule has 0 fully saturated rings. The second-order valence-corrected chi connectivity index (χ2v) is 3.94. The molecule has 6 nitrogen and oxygen atoms in total. The van der Waals surface area contributed by atoms with E-state index in [9.17, 15) is 0 Å². The van der Waals surface area contributed by atoms with Gasteiger partial charge in [-0.25, -0.2) is 4.68 Å². The number of fused-ring (bicyclic) bond motifs is 1. The molecular weight excluding hydrogens is 244 g/mol. The summed E-state index contributed by atoms with van der Waals surface area (Å²) in [4.78, 5) is 0. The summed E-state index contributed by atoms with van der Waals surface area (Å²) in [5, 5.41) is 16.9. The third kappa shape index (κ3) is 1.81. The third-order valence-corrected chi connectivity index (χ3v) is 2.79. The van der Waals surface area contributed by atoms with Gasteiger partial charge in [0, 0.05) is 5.56 Å². The Balaban J connectivity index is 2.13. The lowest BCUT2D eigenvalue weighted by molar-refractivity contribution is 0.174. The molecule has 0 saturated heterocycles. The minimum atomic E-state index is 0.216. The van der Waals surface area contributed by atoms with E-state index in [4.69, 9.17) is 14.7 Å². The van der Waals surface area contributed by atoms with Crippen LogP contribution in [-0.4, -0.2) is 21.8 Å². The molecule has 2 aromatic rings. The first-order valence-electron chi connectivity index (χ1n) is 5.68. The first-order valence-corrected chi connectivity index (χ1v) is 5.68. The molecule has 0 bridgehead atoms. The molecule has 1 aromatic heterocycles. The zero-order valence-electron chi connectivity index (χ0n) is 10.0. The van der Waals surface area contributed by atoms with Gasteiger partial charge in [-0.2, -0.15) is 5.26 Å². The number of ether oxygens (including phenoxy) is 2. The van der Waals surface area contributed by atoms with Crippen molar-refractivity contribution in [3.63, 3.8) is 0 Å². The normalized spacial score (nSPS) is 12.2. The van der Waals surface area contributed by atoms with Gasteiger partial charge in [0.15, 0.2) is 17.2 Å². The minimum Gasteiger partial charge on any atom is -0.454 e. The van der Waals surface area contributed by atoms with Crippen molar-refractivity contribution in [1.82, 2.24) is 15.0 Å². The van der Waals surface area contributed by atoms with Gasteiger partial charge in [0.05, 0.1) is 6.54 Å². The molecule has 0 amide bonds. The summed E-state index contributed by atoms with van der Waals surface area (Å²) >= 11 is 0. The first kappa shape index (κ1) is 11.3. The molecule has 94 valence electrons. The first-order chi connectivity index (χ1) is 9.33. The van der Waals surface area contributed by atoms with Crippen LogP contribution in [0.15, 0.2) is 30.9 Å². The molecule has 0 N–H and O–H groups in total. The SMILES string of the molecule is C=CCn1nnc(C#N)c1-c1ccc2c(c1)OCO2. The number of nitrogens with zero attached hydrogens (tertiary/aromatic N) is 4. The lowest BCUT2D eigenvalue weighted by Gasteiger charge is -2.05. The highest BCUT2D eigenvalue weighted by molar-refractivity contribution is 5.68. The Morgan fingerprint density at radius 1 is 1.42 bits per heavy atom. The standard InChI is InChI=1S/C13H10N4O2/c1-2-5-17-13(10(7-14)15-16-17)9-3-4-11-12(6-9)19-8-18-11/h2-4,6H,1,5,8H2. The molecule has 1 aliphatic heterocycles. The predicted molar refractivity (Wildman–Crippen MR) is 66.5 cm³/mol. The topological polar surface area (TPSA) is 73.0 Å². The highest BCUT2D eigenvalue weighted by Gasteiger charge is 2.19. The highest BCUT2D eigenvalue weighted by atomic mass is 16.7. The van der Waals surface area contributed by atoms with E-state index in [0.717, 1.165) is 5.56 Å². The molecule has 0 spiro atoms. The van der Waals surface area contributed by atoms with Gasteiger partial charge in [-0.05, 0) is 18.2 Å². The molecule has 0 atom stereocenters. The van der Waals surface area contributed by atoms with E-state index in [1.54, 1.807) is 10.8 Å². The average molecular weight is 254 g/mol. The number of nitriles is 1.